The maximum absolute atomic E-state index is 6.09. The number of thioether (sulfide) groups is 1. The molecule has 3 aromatic rings. The van der Waals surface area contributed by atoms with Crippen LogP contribution in [-0.2, 0) is 20.0 Å². The van der Waals surface area contributed by atoms with Crippen molar-refractivity contribution in [2.75, 3.05) is 0 Å². The zero-order valence-electron chi connectivity index (χ0n) is 10.4. The van der Waals surface area contributed by atoms with E-state index in [1.165, 1.54) is 5.56 Å². The van der Waals surface area contributed by atoms with Crippen LogP contribution >= 0.6 is 53.4 Å². The van der Waals surface area contributed by atoms with E-state index in [2.05, 4.69) is 66.5 Å². The Bertz CT molecular complexity index is 685. The fourth-order valence-corrected chi connectivity index (χ4v) is 3.02. The quantitative estimate of drug-likeness (QED) is 0.280. The van der Waals surface area contributed by atoms with Crippen molar-refractivity contribution in [3.63, 3.8) is 0 Å². The van der Waals surface area contributed by atoms with Gasteiger partial charge in [-0.05, 0) is 33.6 Å². The number of fused-ring (bicyclic) bond motifs is 1. The Kier molecular flexibility index (Phi) is 7.05. The predicted octanol–water partition coefficient (Wildman–Crippen LogP) is 5.28. The molecule has 2 aromatic heterocycles. The van der Waals surface area contributed by atoms with Gasteiger partial charge in [0.15, 0.2) is 5.65 Å². The minimum atomic E-state index is 0.553. The van der Waals surface area contributed by atoms with Gasteiger partial charge in [-0.15, -0.1) is 5.10 Å². The Labute approximate surface area is 155 Å². The van der Waals surface area contributed by atoms with Gasteiger partial charge in [0.2, 0.25) is 5.16 Å². The van der Waals surface area contributed by atoms with Crippen LogP contribution in [0.4, 0.5) is 0 Å². The van der Waals surface area contributed by atoms with Crippen molar-refractivity contribution in [1.82, 2.24) is 14.6 Å². The molecular formula is C13H9Br2ClCuN3S. The average Bonchev–Trinajstić information content (AvgIpc) is 2.98. The Morgan fingerprint density at radius 1 is 1.14 bits per heavy atom. The zero-order chi connectivity index (χ0) is 15.2. The first-order valence-corrected chi connectivity index (χ1v) is 10.2. The molecule has 0 saturated heterocycles. The molecule has 0 N–H and O–H groups in total. The number of aromatic nitrogens is 3. The topological polar surface area (TPSA) is 30.2 Å². The van der Waals surface area contributed by atoms with Crippen molar-refractivity contribution < 1.29 is 14.2 Å². The third-order valence-corrected chi connectivity index (χ3v) is 4.40. The van der Waals surface area contributed by atoms with Gasteiger partial charge in [-0.25, -0.2) is 9.50 Å². The van der Waals surface area contributed by atoms with Gasteiger partial charge in [-0.1, -0.05) is 53.7 Å². The van der Waals surface area contributed by atoms with Crippen LogP contribution < -0.4 is 0 Å². The fraction of sp³-hybridized carbons (Fsp3) is 0.0769. The predicted molar refractivity (Wildman–Crippen MR) is 90.6 cm³/mol. The summed E-state index contributed by atoms with van der Waals surface area (Å²) in [5.41, 5.74) is 1.99. The SMILES string of the molecule is Clc1ccc(Br)c2nc(SCc3ccccc3)nn12.[Cu][Br]. The molecule has 1 aromatic carbocycles. The fourth-order valence-electron chi connectivity index (χ4n) is 1.67. The van der Waals surface area contributed by atoms with Crippen LogP contribution in [0.2, 0.25) is 5.15 Å². The number of rotatable bonds is 3. The van der Waals surface area contributed by atoms with Crippen LogP contribution in [0.1, 0.15) is 5.56 Å². The van der Waals surface area contributed by atoms with Gasteiger partial charge in [0.05, 0.1) is 4.47 Å². The summed E-state index contributed by atoms with van der Waals surface area (Å²) in [6.45, 7) is 0. The van der Waals surface area contributed by atoms with Crippen LogP contribution in [0.5, 0.6) is 0 Å². The number of hydrogen-bond donors (Lipinski definition) is 0. The van der Waals surface area contributed by atoms with Crippen LogP contribution in [0.3, 0.4) is 0 Å². The third-order valence-electron chi connectivity index (χ3n) is 2.58. The summed E-state index contributed by atoms with van der Waals surface area (Å²) in [6.07, 6.45) is 0. The van der Waals surface area contributed by atoms with Crippen molar-refractivity contribution >= 4 is 59.1 Å². The van der Waals surface area contributed by atoms with E-state index in [-0.39, 0.29) is 0 Å². The summed E-state index contributed by atoms with van der Waals surface area (Å²) in [5.74, 6) is 0.840. The van der Waals surface area contributed by atoms with Crippen molar-refractivity contribution in [3.05, 3.63) is 57.7 Å². The van der Waals surface area contributed by atoms with Crippen molar-refractivity contribution in [1.29, 1.82) is 0 Å². The van der Waals surface area contributed by atoms with Crippen molar-refractivity contribution in [2.24, 2.45) is 0 Å². The second-order valence-electron chi connectivity index (χ2n) is 3.91. The summed E-state index contributed by atoms with van der Waals surface area (Å²) in [5, 5.41) is 5.67. The molecule has 0 spiro atoms. The molecule has 0 saturated carbocycles. The summed E-state index contributed by atoms with van der Waals surface area (Å²) in [4.78, 5) is 4.47. The third kappa shape index (κ3) is 4.47. The summed E-state index contributed by atoms with van der Waals surface area (Å²) in [6, 6.07) is 13.9. The number of pyridine rings is 1. The molecule has 0 aliphatic carbocycles. The molecule has 114 valence electrons. The first kappa shape index (κ1) is 17.3. The normalized spacial score (nSPS) is 10.3. The zero-order valence-corrected chi connectivity index (χ0v) is 16.1. The van der Waals surface area contributed by atoms with Gasteiger partial charge in [-0.3, -0.25) is 0 Å². The molecule has 0 radical (unpaired) electrons. The van der Waals surface area contributed by atoms with E-state index in [0.717, 1.165) is 21.0 Å². The van der Waals surface area contributed by atoms with Crippen LogP contribution in [-0.4, -0.2) is 14.6 Å². The van der Waals surface area contributed by atoms with E-state index in [9.17, 15) is 0 Å². The average molecular weight is 498 g/mol. The van der Waals surface area contributed by atoms with E-state index < -0.39 is 0 Å². The van der Waals surface area contributed by atoms with E-state index in [1.54, 1.807) is 22.3 Å². The molecule has 21 heavy (non-hydrogen) atoms. The maximum atomic E-state index is 6.09. The van der Waals surface area contributed by atoms with Gasteiger partial charge in [0.25, 0.3) is 0 Å². The number of hydrogen-bond acceptors (Lipinski definition) is 3. The molecule has 0 aliphatic heterocycles. The monoisotopic (exact) mass is 495 g/mol. The van der Waals surface area contributed by atoms with Crippen LogP contribution in [0, 0.1) is 0 Å². The molecule has 0 amide bonds. The molecule has 0 bridgehead atoms. The Morgan fingerprint density at radius 2 is 1.86 bits per heavy atom. The Morgan fingerprint density at radius 3 is 2.52 bits per heavy atom. The van der Waals surface area contributed by atoms with Crippen LogP contribution in [0.25, 0.3) is 5.65 Å². The second-order valence-corrected chi connectivity index (χ2v) is 6.09. The summed E-state index contributed by atoms with van der Waals surface area (Å²) >= 11 is 17.6. The number of nitrogens with zero attached hydrogens (tertiary/aromatic N) is 3. The van der Waals surface area contributed by atoms with Gasteiger partial charge in [-0.2, -0.15) is 0 Å². The van der Waals surface area contributed by atoms with Gasteiger partial charge < -0.3 is 0 Å². The first-order chi connectivity index (χ1) is 10.2. The van der Waals surface area contributed by atoms with Crippen LogP contribution in [0.15, 0.2) is 52.1 Å². The molecular weight excluding hydrogens is 489 g/mol. The van der Waals surface area contributed by atoms with Crippen molar-refractivity contribution in [2.45, 2.75) is 10.9 Å². The van der Waals surface area contributed by atoms with E-state index in [4.69, 9.17) is 11.6 Å². The van der Waals surface area contributed by atoms with E-state index >= 15 is 0 Å². The molecule has 0 atom stereocenters. The summed E-state index contributed by atoms with van der Waals surface area (Å²) < 4.78 is 2.52. The molecule has 3 rings (SSSR count). The van der Waals surface area contributed by atoms with Crippen molar-refractivity contribution in [3.8, 4) is 0 Å². The molecule has 3 nitrogen and oxygen atoms in total. The Hall–Kier alpha value is -0.0405. The van der Waals surface area contributed by atoms with Gasteiger partial charge in [0, 0.05) is 5.75 Å². The number of benzene rings is 1. The molecule has 2 heterocycles. The van der Waals surface area contributed by atoms with E-state index in [1.807, 2.05) is 24.3 Å². The van der Waals surface area contributed by atoms with Gasteiger partial charge in [0.1, 0.15) is 5.15 Å². The summed E-state index contributed by atoms with van der Waals surface area (Å²) in [7, 11) is 0. The number of halogens is 3. The van der Waals surface area contributed by atoms with Gasteiger partial charge >= 0.3 is 28.3 Å². The van der Waals surface area contributed by atoms with E-state index in [0.29, 0.717) is 5.15 Å². The second kappa shape index (κ2) is 8.56. The Balaban J connectivity index is 0.000000774. The first-order valence-electron chi connectivity index (χ1n) is 5.73. The molecule has 0 fully saturated rings. The molecule has 0 unspecified atom stereocenters. The minimum absolute atomic E-state index is 0.553. The molecule has 0 aliphatic rings. The molecule has 8 heteroatoms. The standard InChI is InChI=1S/C13H9BrClN3S.BrH.Cu/c14-10-6-7-11(15)18-12(10)16-13(17-18)19-8-9-4-2-1-3-5-9;;/h1-7H,8H2;1H;/q;;+1/p-1.